The Hall–Kier alpha value is -4.67. The van der Waals surface area contributed by atoms with Gasteiger partial charge in [0.15, 0.2) is 0 Å². The molecule has 3 aromatic carbocycles. The number of aromatic nitrogens is 1. The summed E-state index contributed by atoms with van der Waals surface area (Å²) in [6, 6.07) is 20.5. The first kappa shape index (κ1) is 33.2. The largest absolute Gasteiger partial charge is 0.497 e. The van der Waals surface area contributed by atoms with Crippen molar-refractivity contribution in [3.63, 3.8) is 0 Å². The Labute approximate surface area is 261 Å². The minimum Gasteiger partial charge on any atom is -0.497 e. The number of carbonyl (C=O) groups excluding carboxylic acids is 1. The number of ether oxygens (including phenoxy) is 2. The molecule has 10 heteroatoms. The van der Waals surface area contributed by atoms with E-state index in [2.05, 4.69) is 5.32 Å². The summed E-state index contributed by atoms with van der Waals surface area (Å²) in [6.07, 6.45) is -2.64. The monoisotopic (exact) mass is 618 g/mol. The number of halogens is 1. The molecule has 238 valence electrons. The van der Waals surface area contributed by atoms with Crippen LogP contribution >= 0.6 is 0 Å². The van der Waals surface area contributed by atoms with Crippen LogP contribution < -0.4 is 14.8 Å². The summed E-state index contributed by atoms with van der Waals surface area (Å²) < 4.78 is 26.9. The van der Waals surface area contributed by atoms with E-state index < -0.39 is 30.4 Å². The van der Waals surface area contributed by atoms with Crippen LogP contribution in [0.15, 0.2) is 72.8 Å². The molecular weight excluding hydrogens is 579 g/mol. The van der Waals surface area contributed by atoms with Crippen molar-refractivity contribution in [1.29, 1.82) is 0 Å². The van der Waals surface area contributed by atoms with Crippen LogP contribution in [0, 0.1) is 5.82 Å². The molecule has 1 aromatic heterocycles. The summed E-state index contributed by atoms with van der Waals surface area (Å²) >= 11 is 0. The Morgan fingerprint density at radius 1 is 0.911 bits per heavy atom. The predicted octanol–water partition coefficient (Wildman–Crippen LogP) is 6.33. The molecule has 0 radical (unpaired) electrons. The van der Waals surface area contributed by atoms with Crippen molar-refractivity contribution in [3.05, 3.63) is 89.9 Å². The van der Waals surface area contributed by atoms with E-state index in [0.29, 0.717) is 45.3 Å². The average Bonchev–Trinajstić information content (AvgIpc) is 3.36. The van der Waals surface area contributed by atoms with Crippen molar-refractivity contribution in [2.45, 2.75) is 57.8 Å². The number of carbonyl (C=O) groups is 2. The maximum Gasteiger partial charge on any atom is 0.305 e. The highest BCUT2D eigenvalue weighted by Crippen LogP contribution is 2.43. The molecule has 9 nitrogen and oxygen atoms in total. The zero-order chi connectivity index (χ0) is 32.7. The van der Waals surface area contributed by atoms with Crippen LogP contribution in [0.2, 0.25) is 0 Å². The van der Waals surface area contributed by atoms with Gasteiger partial charge in [-0.1, -0.05) is 44.2 Å². The van der Waals surface area contributed by atoms with E-state index in [1.54, 1.807) is 30.3 Å². The second-order valence-corrected chi connectivity index (χ2v) is 11.1. The van der Waals surface area contributed by atoms with Crippen LogP contribution in [0.25, 0.3) is 22.4 Å². The van der Waals surface area contributed by atoms with Gasteiger partial charge in [0, 0.05) is 23.9 Å². The second-order valence-electron chi connectivity index (χ2n) is 11.1. The van der Waals surface area contributed by atoms with Crippen LogP contribution in [-0.4, -0.2) is 58.2 Å². The summed E-state index contributed by atoms with van der Waals surface area (Å²) in [4.78, 5) is 25.4. The molecule has 2 atom stereocenters. The van der Waals surface area contributed by atoms with Crippen molar-refractivity contribution in [1.82, 2.24) is 4.57 Å². The number of hydrogen-bond donors (Lipinski definition) is 4. The highest BCUT2D eigenvalue weighted by Gasteiger charge is 2.31. The number of nitrogens with one attached hydrogen (secondary N) is 1. The van der Waals surface area contributed by atoms with Gasteiger partial charge in [-0.05, 0) is 66.3 Å². The van der Waals surface area contributed by atoms with E-state index in [1.165, 1.54) is 26.4 Å². The molecule has 45 heavy (non-hydrogen) atoms. The third kappa shape index (κ3) is 7.89. The van der Waals surface area contributed by atoms with Gasteiger partial charge in [0.05, 0.1) is 49.8 Å². The molecule has 0 saturated carbocycles. The number of anilines is 1. The van der Waals surface area contributed by atoms with Crippen LogP contribution in [-0.2, 0) is 11.3 Å². The number of methoxy groups -OCH3 is 2. The van der Waals surface area contributed by atoms with E-state index in [4.69, 9.17) is 14.6 Å². The summed E-state index contributed by atoms with van der Waals surface area (Å²) in [5, 5.41) is 33.0. The van der Waals surface area contributed by atoms with E-state index in [1.807, 2.05) is 48.7 Å². The molecule has 0 saturated heterocycles. The molecule has 0 spiro atoms. The summed E-state index contributed by atoms with van der Waals surface area (Å²) in [5.41, 5.74) is 4.27. The third-order valence-corrected chi connectivity index (χ3v) is 7.55. The van der Waals surface area contributed by atoms with E-state index in [-0.39, 0.29) is 31.2 Å². The molecule has 4 aromatic rings. The Balaban J connectivity index is 1.91. The Morgan fingerprint density at radius 2 is 1.60 bits per heavy atom. The third-order valence-electron chi connectivity index (χ3n) is 7.55. The summed E-state index contributed by atoms with van der Waals surface area (Å²) in [6.45, 7) is 4.17. The smallest absolute Gasteiger partial charge is 0.305 e. The number of rotatable bonds is 14. The number of benzene rings is 3. The zero-order valence-corrected chi connectivity index (χ0v) is 25.8. The molecule has 0 unspecified atom stereocenters. The number of nitrogens with zero attached hydrogens (tertiary/aromatic N) is 1. The Bertz CT molecular complexity index is 1620. The fourth-order valence-corrected chi connectivity index (χ4v) is 5.57. The maximum absolute atomic E-state index is 14.4. The molecule has 0 aliphatic carbocycles. The average molecular weight is 619 g/mol. The minimum absolute atomic E-state index is 0.118. The number of aliphatic carboxylic acids is 1. The van der Waals surface area contributed by atoms with Crippen LogP contribution in [0.4, 0.5) is 10.1 Å². The topological polar surface area (TPSA) is 130 Å². The minimum atomic E-state index is -1.20. The number of carboxylic acid groups (broad SMARTS) is 1. The van der Waals surface area contributed by atoms with Crippen molar-refractivity contribution in [2.75, 3.05) is 19.5 Å². The van der Waals surface area contributed by atoms with Crippen LogP contribution in [0.3, 0.4) is 0 Å². The van der Waals surface area contributed by atoms with Gasteiger partial charge in [0.1, 0.15) is 17.3 Å². The Kier molecular flexibility index (Phi) is 11.0. The fraction of sp³-hybridized carbons (Fsp3) is 0.314. The van der Waals surface area contributed by atoms with Gasteiger partial charge in [-0.25, -0.2) is 4.39 Å². The lowest BCUT2D eigenvalue weighted by molar-refractivity contribution is -0.139. The molecule has 0 aliphatic rings. The van der Waals surface area contributed by atoms with Crippen LogP contribution in [0.1, 0.15) is 55.1 Å². The lowest BCUT2D eigenvalue weighted by atomic mass is 9.94. The number of hydrogen-bond acceptors (Lipinski definition) is 6. The molecule has 4 N–H and O–H groups in total. The molecule has 1 amide bonds. The number of aliphatic hydroxyl groups excluding tert-OH is 2. The van der Waals surface area contributed by atoms with Gasteiger partial charge >= 0.3 is 5.97 Å². The first-order chi connectivity index (χ1) is 21.5. The highest BCUT2D eigenvalue weighted by molar-refractivity contribution is 6.13. The number of aliphatic hydroxyl groups is 2. The quantitative estimate of drug-likeness (QED) is 0.130. The molecule has 0 fully saturated rings. The SMILES string of the molecule is COc1ccc(NC(=O)c2c(-c3ccccc3)c(-c3ccc(F)cc3)n(CC[C@@H](O)C[C@@H](O)CC(=O)O)c2C(C)C)c(OC)c1. The van der Waals surface area contributed by atoms with E-state index in [0.717, 1.165) is 5.56 Å². The zero-order valence-electron chi connectivity index (χ0n) is 25.8. The van der Waals surface area contributed by atoms with Gasteiger partial charge < -0.3 is 34.7 Å². The van der Waals surface area contributed by atoms with Gasteiger partial charge in [0.25, 0.3) is 5.91 Å². The van der Waals surface area contributed by atoms with Crippen molar-refractivity contribution in [2.24, 2.45) is 0 Å². The normalized spacial score (nSPS) is 12.5. The van der Waals surface area contributed by atoms with E-state index in [9.17, 15) is 24.2 Å². The molecule has 0 bridgehead atoms. The fourth-order valence-electron chi connectivity index (χ4n) is 5.57. The van der Waals surface area contributed by atoms with Crippen molar-refractivity contribution >= 4 is 17.6 Å². The van der Waals surface area contributed by atoms with Gasteiger partial charge in [-0.15, -0.1) is 0 Å². The van der Waals surface area contributed by atoms with Crippen LogP contribution in [0.5, 0.6) is 11.5 Å². The maximum atomic E-state index is 14.4. The molecule has 0 aliphatic heterocycles. The van der Waals surface area contributed by atoms with Crippen molar-refractivity contribution in [3.8, 4) is 33.9 Å². The summed E-state index contributed by atoms with van der Waals surface area (Å²) in [5.74, 6) is -1.15. The van der Waals surface area contributed by atoms with Gasteiger partial charge in [-0.2, -0.15) is 0 Å². The predicted molar refractivity (Wildman–Crippen MR) is 170 cm³/mol. The molecular formula is C35H39FN2O7. The highest BCUT2D eigenvalue weighted by atomic mass is 19.1. The van der Waals surface area contributed by atoms with Crippen molar-refractivity contribution < 1.29 is 38.8 Å². The standard InChI is InChI=1S/C35H39FN2O7/c1-21(2)33-32(35(43)37-28-15-14-27(44-3)20-29(28)45-4)31(22-8-6-5-7-9-22)34(23-10-12-24(36)13-11-23)38(33)17-16-25(39)18-26(40)19-30(41)42/h5-15,20-21,25-26,39-40H,16-19H2,1-4H3,(H,37,43)(H,41,42)/t25-,26-/m1/s1. The van der Waals surface area contributed by atoms with E-state index >= 15 is 0 Å². The summed E-state index contributed by atoms with van der Waals surface area (Å²) in [7, 11) is 3.04. The number of carboxylic acids is 1. The Morgan fingerprint density at radius 3 is 2.20 bits per heavy atom. The first-order valence-electron chi connectivity index (χ1n) is 14.7. The van der Waals surface area contributed by atoms with Gasteiger partial charge in [-0.3, -0.25) is 9.59 Å². The molecule has 1 heterocycles. The lowest BCUT2D eigenvalue weighted by Crippen LogP contribution is -2.22. The first-order valence-corrected chi connectivity index (χ1v) is 14.7. The lowest BCUT2D eigenvalue weighted by Gasteiger charge is -2.20. The van der Waals surface area contributed by atoms with Gasteiger partial charge in [0.2, 0.25) is 0 Å². The molecule has 4 rings (SSSR count). The second kappa shape index (κ2) is 14.9. The number of amides is 1.